The van der Waals surface area contributed by atoms with Crippen LogP contribution in [0, 0.1) is 0 Å². The van der Waals surface area contributed by atoms with E-state index in [0.29, 0.717) is 11.8 Å². The number of para-hydroxylation sites is 1. The second kappa shape index (κ2) is 5.70. The lowest BCUT2D eigenvalue weighted by molar-refractivity contribution is 0.873. The number of pyridine rings is 1. The summed E-state index contributed by atoms with van der Waals surface area (Å²) in [4.78, 5) is 8.79. The van der Waals surface area contributed by atoms with E-state index in [9.17, 15) is 0 Å². The highest BCUT2D eigenvalue weighted by Crippen LogP contribution is 2.23. The van der Waals surface area contributed by atoms with Gasteiger partial charge in [0.2, 0.25) is 5.95 Å². The van der Waals surface area contributed by atoms with Crippen molar-refractivity contribution in [2.45, 2.75) is 19.9 Å². The van der Waals surface area contributed by atoms with E-state index in [4.69, 9.17) is 0 Å². The van der Waals surface area contributed by atoms with Gasteiger partial charge >= 0.3 is 0 Å². The van der Waals surface area contributed by atoms with E-state index in [2.05, 4.69) is 30.8 Å². The highest BCUT2D eigenvalue weighted by molar-refractivity contribution is 5.91. The van der Waals surface area contributed by atoms with Crippen molar-refractivity contribution in [2.24, 2.45) is 0 Å². The van der Waals surface area contributed by atoms with Crippen molar-refractivity contribution in [2.75, 3.05) is 10.6 Å². The average molecular weight is 280 g/mol. The molecule has 3 rings (SSSR count). The summed E-state index contributed by atoms with van der Waals surface area (Å²) in [6, 6.07) is 10.1. The molecule has 0 radical (unpaired) electrons. The molecule has 0 atom stereocenters. The zero-order valence-electron chi connectivity index (χ0n) is 11.9. The second-order valence-electron chi connectivity index (χ2n) is 4.97. The van der Waals surface area contributed by atoms with E-state index < -0.39 is 0 Å². The molecule has 0 fully saturated rings. The molecule has 2 N–H and O–H groups in total. The monoisotopic (exact) mass is 280 g/mol. The van der Waals surface area contributed by atoms with Gasteiger partial charge in [-0.2, -0.15) is 10.1 Å². The maximum Gasteiger partial charge on any atom is 0.249 e. The molecule has 0 amide bonds. The summed E-state index contributed by atoms with van der Waals surface area (Å²) in [6.07, 6.45) is 3.37. The van der Waals surface area contributed by atoms with Crippen molar-refractivity contribution in [3.8, 4) is 0 Å². The van der Waals surface area contributed by atoms with Crippen LogP contribution in [-0.2, 0) is 0 Å². The van der Waals surface area contributed by atoms with E-state index in [0.717, 1.165) is 16.6 Å². The van der Waals surface area contributed by atoms with Crippen molar-refractivity contribution in [1.82, 2.24) is 20.2 Å². The molecular weight excluding hydrogens is 264 g/mol. The topological polar surface area (TPSA) is 75.6 Å². The number of nitrogens with zero attached hydrogens (tertiary/aromatic N) is 4. The van der Waals surface area contributed by atoms with E-state index in [1.165, 1.54) is 0 Å². The van der Waals surface area contributed by atoms with Crippen LogP contribution in [0.15, 0.2) is 42.7 Å². The predicted octanol–water partition coefficient (Wildman–Crippen LogP) is 2.98. The predicted molar refractivity (Wildman–Crippen MR) is 83.6 cm³/mol. The Balaban J connectivity index is 1.92. The number of nitrogens with one attached hydrogen (secondary N) is 2. The molecule has 0 aliphatic heterocycles. The summed E-state index contributed by atoms with van der Waals surface area (Å²) in [7, 11) is 0. The number of hydrogen-bond acceptors (Lipinski definition) is 6. The third kappa shape index (κ3) is 3.05. The fourth-order valence-electron chi connectivity index (χ4n) is 2.05. The quantitative estimate of drug-likeness (QED) is 0.765. The van der Waals surface area contributed by atoms with Gasteiger partial charge in [-0.25, -0.2) is 0 Å². The van der Waals surface area contributed by atoms with Crippen LogP contribution < -0.4 is 10.6 Å². The Labute approximate surface area is 122 Å². The van der Waals surface area contributed by atoms with Crippen molar-refractivity contribution in [3.05, 3.63) is 42.7 Å². The minimum atomic E-state index is 0.286. The lowest BCUT2D eigenvalue weighted by atomic mass is 10.2. The highest BCUT2D eigenvalue weighted by Gasteiger charge is 2.05. The first-order chi connectivity index (χ1) is 10.2. The molecule has 6 heteroatoms. The van der Waals surface area contributed by atoms with E-state index in [-0.39, 0.29) is 6.04 Å². The Kier molecular flexibility index (Phi) is 3.59. The number of hydrogen-bond donors (Lipinski definition) is 2. The number of benzene rings is 1. The molecule has 1 aromatic carbocycles. The van der Waals surface area contributed by atoms with Crippen molar-refractivity contribution in [1.29, 1.82) is 0 Å². The van der Waals surface area contributed by atoms with Crippen LogP contribution in [-0.4, -0.2) is 26.2 Å². The number of aromatic nitrogens is 4. The Morgan fingerprint density at radius 1 is 1.10 bits per heavy atom. The molecule has 21 heavy (non-hydrogen) atoms. The Bertz CT molecular complexity index is 750. The summed E-state index contributed by atoms with van der Waals surface area (Å²) < 4.78 is 0. The van der Waals surface area contributed by atoms with Gasteiger partial charge in [-0.15, -0.1) is 5.10 Å². The minimum Gasteiger partial charge on any atom is -0.366 e. The van der Waals surface area contributed by atoms with Crippen LogP contribution in [0.25, 0.3) is 10.9 Å². The fourth-order valence-corrected chi connectivity index (χ4v) is 2.05. The highest BCUT2D eigenvalue weighted by atomic mass is 15.3. The van der Waals surface area contributed by atoms with Gasteiger partial charge in [0.05, 0.1) is 17.4 Å². The van der Waals surface area contributed by atoms with E-state index >= 15 is 0 Å². The van der Waals surface area contributed by atoms with Gasteiger partial charge in [0.15, 0.2) is 5.82 Å². The molecule has 106 valence electrons. The Hall–Kier alpha value is -2.76. The average Bonchev–Trinajstić information content (AvgIpc) is 2.47. The first-order valence-electron chi connectivity index (χ1n) is 6.79. The van der Waals surface area contributed by atoms with Crippen molar-refractivity contribution >= 4 is 28.4 Å². The lowest BCUT2D eigenvalue weighted by Crippen LogP contribution is -2.12. The Morgan fingerprint density at radius 2 is 1.95 bits per heavy atom. The summed E-state index contributed by atoms with van der Waals surface area (Å²) in [6.45, 7) is 4.09. The maximum absolute atomic E-state index is 4.39. The number of rotatable bonds is 4. The molecule has 2 heterocycles. The van der Waals surface area contributed by atoms with Gasteiger partial charge in [0.1, 0.15) is 0 Å². The molecule has 0 aliphatic carbocycles. The molecule has 0 aliphatic rings. The standard InChI is InChI=1S/C15H16N6/c1-10(2)18-13-9-17-21-15(20-13)19-12-7-3-5-11-6-4-8-16-14(11)12/h3-10H,1-2H3,(H2,18,19,20,21). The fraction of sp³-hybridized carbons (Fsp3) is 0.200. The van der Waals surface area contributed by atoms with Crippen molar-refractivity contribution < 1.29 is 0 Å². The normalized spacial score (nSPS) is 10.8. The first-order valence-corrected chi connectivity index (χ1v) is 6.79. The molecule has 6 nitrogen and oxygen atoms in total. The zero-order valence-corrected chi connectivity index (χ0v) is 11.9. The van der Waals surface area contributed by atoms with Gasteiger partial charge < -0.3 is 10.6 Å². The van der Waals surface area contributed by atoms with Gasteiger partial charge in [0, 0.05) is 17.6 Å². The molecule has 0 saturated carbocycles. The van der Waals surface area contributed by atoms with Gasteiger partial charge in [-0.3, -0.25) is 4.98 Å². The van der Waals surface area contributed by atoms with Crippen LogP contribution in [0.3, 0.4) is 0 Å². The Morgan fingerprint density at radius 3 is 2.81 bits per heavy atom. The molecule has 0 bridgehead atoms. The van der Waals surface area contributed by atoms with Gasteiger partial charge in [-0.05, 0) is 26.0 Å². The largest absolute Gasteiger partial charge is 0.366 e. The summed E-state index contributed by atoms with van der Waals surface area (Å²) in [5.41, 5.74) is 1.74. The third-order valence-corrected chi connectivity index (χ3v) is 2.87. The molecule has 0 saturated heterocycles. The lowest BCUT2D eigenvalue weighted by Gasteiger charge is -2.10. The maximum atomic E-state index is 4.39. The number of fused-ring (bicyclic) bond motifs is 1. The summed E-state index contributed by atoms with van der Waals surface area (Å²) in [5, 5.41) is 15.4. The number of anilines is 3. The van der Waals surface area contributed by atoms with Crippen molar-refractivity contribution in [3.63, 3.8) is 0 Å². The van der Waals surface area contributed by atoms with Crippen LogP contribution in [0.2, 0.25) is 0 Å². The zero-order chi connectivity index (χ0) is 14.7. The van der Waals surface area contributed by atoms with Crippen LogP contribution in [0.4, 0.5) is 17.5 Å². The van der Waals surface area contributed by atoms with Crippen LogP contribution in [0.1, 0.15) is 13.8 Å². The van der Waals surface area contributed by atoms with Crippen LogP contribution >= 0.6 is 0 Å². The van der Waals surface area contributed by atoms with Gasteiger partial charge in [-0.1, -0.05) is 18.2 Å². The molecule has 3 aromatic rings. The SMILES string of the molecule is CC(C)Nc1cnnc(Nc2cccc3cccnc23)n1. The summed E-state index contributed by atoms with van der Waals surface area (Å²) in [5.74, 6) is 1.13. The minimum absolute atomic E-state index is 0.286. The third-order valence-electron chi connectivity index (χ3n) is 2.87. The molecule has 0 unspecified atom stereocenters. The molecular formula is C15H16N6. The van der Waals surface area contributed by atoms with Crippen LogP contribution in [0.5, 0.6) is 0 Å². The molecule has 2 aromatic heterocycles. The van der Waals surface area contributed by atoms with E-state index in [1.54, 1.807) is 12.4 Å². The summed E-state index contributed by atoms with van der Waals surface area (Å²) >= 11 is 0. The first kappa shape index (κ1) is 13.2. The van der Waals surface area contributed by atoms with Gasteiger partial charge in [0.25, 0.3) is 0 Å². The smallest absolute Gasteiger partial charge is 0.249 e. The second-order valence-corrected chi connectivity index (χ2v) is 4.97. The van der Waals surface area contributed by atoms with E-state index in [1.807, 2.05) is 44.2 Å². The molecule has 0 spiro atoms.